The molecule has 0 N–H and O–H groups in total. The first-order valence-electron chi connectivity index (χ1n) is 11.5. The number of methoxy groups -OCH3 is 1. The largest absolute Gasteiger partial charge is 0.496 e. The average molecular weight is 462 g/mol. The Morgan fingerprint density at radius 1 is 0.853 bits per heavy atom. The van der Waals surface area contributed by atoms with E-state index in [9.17, 15) is 9.59 Å². The third kappa shape index (κ3) is 5.85. The first kappa shape index (κ1) is 23.6. The van der Waals surface area contributed by atoms with Gasteiger partial charge in [0.25, 0.3) is 5.91 Å². The molecule has 0 saturated carbocycles. The Labute approximate surface area is 200 Å². The fraction of sp³-hybridized carbons (Fsp3) is 0.333. The van der Waals surface area contributed by atoms with Gasteiger partial charge < -0.3 is 19.0 Å². The van der Waals surface area contributed by atoms with Gasteiger partial charge in [-0.15, -0.1) is 0 Å². The van der Waals surface area contributed by atoms with Crippen molar-refractivity contribution in [2.75, 3.05) is 33.3 Å². The van der Waals surface area contributed by atoms with E-state index < -0.39 is 0 Å². The number of nitrogens with zero attached hydrogens (tertiary/aromatic N) is 3. The number of benzene rings is 2. The molecule has 1 aliphatic rings. The van der Waals surface area contributed by atoms with Gasteiger partial charge in [-0.2, -0.15) is 0 Å². The molecule has 34 heavy (non-hydrogen) atoms. The molecule has 0 unspecified atom stereocenters. The van der Waals surface area contributed by atoms with Crippen LogP contribution in [0.1, 0.15) is 34.4 Å². The summed E-state index contributed by atoms with van der Waals surface area (Å²) in [5.74, 6) is 1.83. The van der Waals surface area contributed by atoms with E-state index in [1.54, 1.807) is 29.9 Å². The van der Waals surface area contributed by atoms with Gasteiger partial charge in [0.1, 0.15) is 11.5 Å². The normalized spacial score (nSPS) is 13.9. The van der Waals surface area contributed by atoms with Crippen molar-refractivity contribution in [1.82, 2.24) is 14.7 Å². The number of para-hydroxylation sites is 1. The molecule has 1 fully saturated rings. The van der Waals surface area contributed by atoms with Crippen LogP contribution in [0.15, 0.2) is 71.1 Å². The summed E-state index contributed by atoms with van der Waals surface area (Å²) in [6.07, 6.45) is 0. The van der Waals surface area contributed by atoms with E-state index in [2.05, 4.69) is 23.1 Å². The monoisotopic (exact) mass is 461 g/mol. The molecule has 2 aromatic carbocycles. The van der Waals surface area contributed by atoms with Crippen LogP contribution in [-0.4, -0.2) is 59.8 Å². The van der Waals surface area contributed by atoms with Crippen LogP contribution < -0.4 is 4.74 Å². The maximum absolute atomic E-state index is 12.9. The average Bonchev–Trinajstić information content (AvgIpc) is 3.33. The molecule has 7 nitrogen and oxygen atoms in total. The van der Waals surface area contributed by atoms with Gasteiger partial charge in [0.05, 0.1) is 13.7 Å². The zero-order valence-electron chi connectivity index (χ0n) is 19.8. The summed E-state index contributed by atoms with van der Waals surface area (Å²) in [6.45, 7) is 5.66. The van der Waals surface area contributed by atoms with E-state index in [1.807, 2.05) is 42.5 Å². The first-order valence-corrected chi connectivity index (χ1v) is 11.5. The van der Waals surface area contributed by atoms with Gasteiger partial charge >= 0.3 is 0 Å². The number of carbonyl (C=O) groups excluding carboxylic acids is 2. The van der Waals surface area contributed by atoms with Crippen LogP contribution in [0.3, 0.4) is 0 Å². The van der Waals surface area contributed by atoms with Crippen molar-refractivity contribution in [2.24, 2.45) is 0 Å². The maximum Gasteiger partial charge on any atom is 0.289 e. The van der Waals surface area contributed by atoms with E-state index in [1.165, 1.54) is 5.56 Å². The standard InChI is InChI=1S/C27H31N3O4/c1-21(31)29-14-16-30(17-15-29)27(32)26-13-12-24(34-26)20-28(18-22-8-4-3-5-9-22)19-23-10-6-7-11-25(23)33-2/h3-13H,14-20H2,1-2H3. The predicted octanol–water partition coefficient (Wildman–Crippen LogP) is 3.79. The van der Waals surface area contributed by atoms with E-state index in [0.29, 0.717) is 45.0 Å². The summed E-state index contributed by atoms with van der Waals surface area (Å²) in [7, 11) is 1.68. The van der Waals surface area contributed by atoms with Crippen molar-refractivity contribution < 1.29 is 18.7 Å². The third-order valence-corrected chi connectivity index (χ3v) is 6.10. The first-order chi connectivity index (χ1) is 16.5. The van der Waals surface area contributed by atoms with Gasteiger partial charge in [0, 0.05) is 51.8 Å². The Morgan fingerprint density at radius 2 is 1.53 bits per heavy atom. The molecule has 0 aliphatic carbocycles. The molecule has 0 radical (unpaired) electrons. The summed E-state index contributed by atoms with van der Waals surface area (Å²) < 4.78 is 11.5. The Morgan fingerprint density at radius 3 is 2.24 bits per heavy atom. The van der Waals surface area contributed by atoms with Crippen molar-refractivity contribution in [3.63, 3.8) is 0 Å². The molecule has 0 bridgehead atoms. The Bertz CT molecular complexity index is 1100. The highest BCUT2D eigenvalue weighted by molar-refractivity contribution is 5.91. The van der Waals surface area contributed by atoms with E-state index in [0.717, 1.165) is 23.6 Å². The third-order valence-electron chi connectivity index (χ3n) is 6.10. The molecule has 4 rings (SSSR count). The zero-order chi connectivity index (χ0) is 23.9. The van der Waals surface area contributed by atoms with E-state index >= 15 is 0 Å². The molecule has 0 atom stereocenters. The molecular weight excluding hydrogens is 430 g/mol. The lowest BCUT2D eigenvalue weighted by molar-refractivity contribution is -0.130. The predicted molar refractivity (Wildman–Crippen MR) is 129 cm³/mol. The molecule has 178 valence electrons. The smallest absolute Gasteiger partial charge is 0.289 e. The van der Waals surface area contributed by atoms with Crippen LogP contribution in [0.25, 0.3) is 0 Å². The van der Waals surface area contributed by atoms with Crippen LogP contribution in [0, 0.1) is 0 Å². The molecule has 0 spiro atoms. The van der Waals surface area contributed by atoms with Gasteiger partial charge in [-0.1, -0.05) is 48.5 Å². The van der Waals surface area contributed by atoms with Crippen molar-refractivity contribution >= 4 is 11.8 Å². The Hall–Kier alpha value is -3.58. The van der Waals surface area contributed by atoms with Crippen LogP contribution >= 0.6 is 0 Å². The zero-order valence-corrected chi connectivity index (χ0v) is 19.8. The van der Waals surface area contributed by atoms with Crippen molar-refractivity contribution in [1.29, 1.82) is 0 Å². The van der Waals surface area contributed by atoms with Crippen LogP contribution in [-0.2, 0) is 24.4 Å². The topological polar surface area (TPSA) is 66.2 Å². The van der Waals surface area contributed by atoms with E-state index in [4.69, 9.17) is 9.15 Å². The minimum Gasteiger partial charge on any atom is -0.496 e. The summed E-state index contributed by atoms with van der Waals surface area (Å²) in [4.78, 5) is 30.3. The molecule has 2 amide bonds. The lowest BCUT2D eigenvalue weighted by atomic mass is 10.1. The minimum atomic E-state index is -0.131. The summed E-state index contributed by atoms with van der Waals surface area (Å²) >= 11 is 0. The molecular formula is C27H31N3O4. The van der Waals surface area contributed by atoms with Gasteiger partial charge in [-0.05, 0) is 23.8 Å². The van der Waals surface area contributed by atoms with Crippen LogP contribution in [0.5, 0.6) is 5.75 Å². The SMILES string of the molecule is COc1ccccc1CN(Cc1ccccc1)Cc1ccc(C(=O)N2CCN(C(C)=O)CC2)o1. The highest BCUT2D eigenvalue weighted by atomic mass is 16.5. The summed E-state index contributed by atoms with van der Waals surface area (Å²) in [5, 5.41) is 0. The molecule has 2 heterocycles. The number of hydrogen-bond donors (Lipinski definition) is 0. The molecule has 7 heteroatoms. The number of hydrogen-bond acceptors (Lipinski definition) is 5. The molecule has 1 aliphatic heterocycles. The number of carbonyl (C=O) groups is 2. The highest BCUT2D eigenvalue weighted by Crippen LogP contribution is 2.23. The number of rotatable bonds is 8. The Balaban J connectivity index is 1.46. The lowest BCUT2D eigenvalue weighted by Crippen LogP contribution is -2.50. The fourth-order valence-corrected chi connectivity index (χ4v) is 4.26. The number of amides is 2. The van der Waals surface area contributed by atoms with Crippen LogP contribution in [0.2, 0.25) is 0 Å². The van der Waals surface area contributed by atoms with Gasteiger partial charge in [-0.25, -0.2) is 0 Å². The minimum absolute atomic E-state index is 0.0425. The summed E-state index contributed by atoms with van der Waals surface area (Å²) in [6, 6.07) is 21.9. The molecule has 3 aromatic rings. The van der Waals surface area contributed by atoms with Gasteiger partial charge in [-0.3, -0.25) is 14.5 Å². The second kappa shape index (κ2) is 11.0. The van der Waals surface area contributed by atoms with Gasteiger partial charge in [0.2, 0.25) is 5.91 Å². The Kier molecular flexibility index (Phi) is 7.65. The highest BCUT2D eigenvalue weighted by Gasteiger charge is 2.25. The fourth-order valence-electron chi connectivity index (χ4n) is 4.26. The van der Waals surface area contributed by atoms with E-state index in [-0.39, 0.29) is 11.8 Å². The molecule has 1 aromatic heterocycles. The molecule has 1 saturated heterocycles. The van der Waals surface area contributed by atoms with Gasteiger partial charge in [0.15, 0.2) is 5.76 Å². The van der Waals surface area contributed by atoms with Crippen molar-refractivity contribution in [3.05, 3.63) is 89.4 Å². The number of ether oxygens (including phenoxy) is 1. The second-order valence-corrected chi connectivity index (χ2v) is 8.51. The number of furan rings is 1. The lowest BCUT2D eigenvalue weighted by Gasteiger charge is -2.33. The van der Waals surface area contributed by atoms with Crippen molar-refractivity contribution in [2.45, 2.75) is 26.6 Å². The maximum atomic E-state index is 12.9. The second-order valence-electron chi connectivity index (χ2n) is 8.51. The number of piperazine rings is 1. The summed E-state index contributed by atoms with van der Waals surface area (Å²) in [5.41, 5.74) is 2.29. The van der Waals surface area contributed by atoms with Crippen molar-refractivity contribution in [3.8, 4) is 5.75 Å². The van der Waals surface area contributed by atoms with Crippen LogP contribution in [0.4, 0.5) is 0 Å². The quantitative estimate of drug-likeness (QED) is 0.511.